The summed E-state index contributed by atoms with van der Waals surface area (Å²) in [7, 11) is 0. The molecule has 22 heavy (non-hydrogen) atoms. The monoisotopic (exact) mass is 301 g/mol. The summed E-state index contributed by atoms with van der Waals surface area (Å²) in [6.45, 7) is 7.30. The second-order valence-corrected chi connectivity index (χ2v) is 6.22. The van der Waals surface area contributed by atoms with Crippen LogP contribution in [0.5, 0.6) is 0 Å². The maximum absolute atomic E-state index is 12.1. The first kappa shape index (κ1) is 14.5. The van der Waals surface area contributed by atoms with E-state index in [1.807, 2.05) is 31.5 Å². The molecule has 3 rings (SSSR count). The smallest absolute Gasteiger partial charge is 0.410 e. The molecular weight excluding hydrogens is 282 g/mol. The molecule has 7 nitrogen and oxygen atoms in total. The molecule has 1 aliphatic heterocycles. The zero-order valence-electron chi connectivity index (χ0n) is 13.0. The van der Waals surface area contributed by atoms with Gasteiger partial charge in [-0.1, -0.05) is 0 Å². The van der Waals surface area contributed by atoms with Gasteiger partial charge in [-0.05, 0) is 32.9 Å². The fourth-order valence-corrected chi connectivity index (χ4v) is 2.29. The van der Waals surface area contributed by atoms with E-state index in [0.717, 1.165) is 11.4 Å². The van der Waals surface area contributed by atoms with Gasteiger partial charge in [-0.3, -0.25) is 4.68 Å². The summed E-state index contributed by atoms with van der Waals surface area (Å²) < 4.78 is 7.31. The average molecular weight is 301 g/mol. The highest BCUT2D eigenvalue weighted by atomic mass is 16.6. The molecular formula is C15H19N5O2. The number of hydrogen-bond donors (Lipinski definition) is 0. The molecule has 0 atom stereocenters. The standard InChI is InChI=1S/C15H19N5O2/c1-15(2,3)22-14(21)19-7-8-20-11(10-19)9-12(18-20)13-16-5-4-6-17-13/h4-6,9H,7-8,10H2,1-3H3. The molecule has 3 heterocycles. The van der Waals surface area contributed by atoms with Gasteiger partial charge in [0.25, 0.3) is 0 Å². The van der Waals surface area contributed by atoms with Gasteiger partial charge in [0.05, 0.1) is 18.8 Å². The van der Waals surface area contributed by atoms with Crippen LogP contribution in [0.4, 0.5) is 4.79 Å². The molecule has 0 bridgehead atoms. The Hall–Kier alpha value is -2.44. The van der Waals surface area contributed by atoms with Gasteiger partial charge in [0.1, 0.15) is 11.3 Å². The fraction of sp³-hybridized carbons (Fsp3) is 0.467. The van der Waals surface area contributed by atoms with Crippen LogP contribution in [0.2, 0.25) is 0 Å². The van der Waals surface area contributed by atoms with Gasteiger partial charge < -0.3 is 9.64 Å². The van der Waals surface area contributed by atoms with Crippen LogP contribution in [0.25, 0.3) is 11.5 Å². The number of rotatable bonds is 1. The van der Waals surface area contributed by atoms with Crippen LogP contribution in [0.15, 0.2) is 24.5 Å². The Morgan fingerprint density at radius 2 is 1.95 bits per heavy atom. The van der Waals surface area contributed by atoms with Crippen molar-refractivity contribution in [2.45, 2.75) is 39.5 Å². The largest absolute Gasteiger partial charge is 0.444 e. The first-order chi connectivity index (χ1) is 10.4. The van der Waals surface area contributed by atoms with Crippen LogP contribution in [-0.2, 0) is 17.8 Å². The predicted molar refractivity (Wildman–Crippen MR) is 79.9 cm³/mol. The number of nitrogens with zero attached hydrogens (tertiary/aromatic N) is 5. The summed E-state index contributed by atoms with van der Waals surface area (Å²) in [4.78, 5) is 22.2. The molecule has 0 N–H and O–H groups in total. The zero-order chi connectivity index (χ0) is 15.7. The molecule has 116 valence electrons. The summed E-state index contributed by atoms with van der Waals surface area (Å²) in [6.07, 6.45) is 3.08. The van der Waals surface area contributed by atoms with Crippen molar-refractivity contribution in [1.29, 1.82) is 0 Å². The molecule has 0 saturated heterocycles. The van der Waals surface area contributed by atoms with Crippen LogP contribution in [0.1, 0.15) is 26.5 Å². The van der Waals surface area contributed by atoms with Crippen LogP contribution < -0.4 is 0 Å². The molecule has 2 aromatic heterocycles. The number of ether oxygens (including phenoxy) is 1. The highest BCUT2D eigenvalue weighted by Gasteiger charge is 2.27. The Morgan fingerprint density at radius 1 is 1.23 bits per heavy atom. The predicted octanol–water partition coefficient (Wildman–Crippen LogP) is 2.09. The molecule has 1 amide bonds. The van der Waals surface area contributed by atoms with Crippen molar-refractivity contribution in [2.75, 3.05) is 6.54 Å². The fourth-order valence-electron chi connectivity index (χ4n) is 2.29. The van der Waals surface area contributed by atoms with Gasteiger partial charge in [0, 0.05) is 18.9 Å². The number of hydrogen-bond acceptors (Lipinski definition) is 5. The average Bonchev–Trinajstić information content (AvgIpc) is 2.89. The van der Waals surface area contributed by atoms with Crippen molar-refractivity contribution >= 4 is 6.09 Å². The topological polar surface area (TPSA) is 73.1 Å². The van der Waals surface area contributed by atoms with Crippen molar-refractivity contribution in [2.24, 2.45) is 0 Å². The summed E-state index contributed by atoms with van der Waals surface area (Å²) in [6, 6.07) is 3.69. The molecule has 2 aromatic rings. The van der Waals surface area contributed by atoms with E-state index in [-0.39, 0.29) is 6.09 Å². The summed E-state index contributed by atoms with van der Waals surface area (Å²) in [5, 5.41) is 4.50. The molecule has 0 aromatic carbocycles. The van der Waals surface area contributed by atoms with Crippen molar-refractivity contribution in [3.8, 4) is 11.5 Å². The van der Waals surface area contributed by atoms with E-state index in [0.29, 0.717) is 25.5 Å². The third kappa shape index (κ3) is 3.08. The summed E-state index contributed by atoms with van der Waals surface area (Å²) >= 11 is 0. The highest BCUT2D eigenvalue weighted by Crippen LogP contribution is 2.20. The molecule has 0 unspecified atom stereocenters. The Kier molecular flexibility index (Phi) is 3.56. The Labute approximate surface area is 128 Å². The van der Waals surface area contributed by atoms with E-state index in [4.69, 9.17) is 4.74 Å². The summed E-state index contributed by atoms with van der Waals surface area (Å²) in [5.74, 6) is 0.591. The van der Waals surface area contributed by atoms with Gasteiger partial charge in [-0.15, -0.1) is 0 Å². The van der Waals surface area contributed by atoms with Crippen LogP contribution in [0, 0.1) is 0 Å². The van der Waals surface area contributed by atoms with E-state index < -0.39 is 5.60 Å². The SMILES string of the molecule is CC(C)(C)OC(=O)N1CCn2nc(-c3ncccn3)cc2C1. The molecule has 1 aliphatic rings. The lowest BCUT2D eigenvalue weighted by Crippen LogP contribution is -2.41. The van der Waals surface area contributed by atoms with E-state index >= 15 is 0 Å². The molecule has 0 fully saturated rings. The van der Waals surface area contributed by atoms with Gasteiger partial charge in [-0.25, -0.2) is 14.8 Å². The Balaban J connectivity index is 1.77. The highest BCUT2D eigenvalue weighted by molar-refractivity contribution is 5.68. The minimum atomic E-state index is -0.488. The first-order valence-electron chi connectivity index (χ1n) is 7.24. The van der Waals surface area contributed by atoms with Gasteiger partial charge >= 0.3 is 6.09 Å². The van der Waals surface area contributed by atoms with E-state index in [1.165, 1.54) is 0 Å². The lowest BCUT2D eigenvalue weighted by atomic mass is 10.2. The number of amides is 1. The maximum Gasteiger partial charge on any atom is 0.410 e. The maximum atomic E-state index is 12.1. The van der Waals surface area contributed by atoms with Gasteiger partial charge in [-0.2, -0.15) is 5.10 Å². The van der Waals surface area contributed by atoms with Crippen molar-refractivity contribution < 1.29 is 9.53 Å². The normalized spacial score (nSPS) is 14.6. The second-order valence-electron chi connectivity index (χ2n) is 6.22. The number of fused-ring (bicyclic) bond motifs is 1. The third-order valence-electron chi connectivity index (χ3n) is 3.24. The minimum absolute atomic E-state index is 0.294. The quantitative estimate of drug-likeness (QED) is 0.806. The Bertz CT molecular complexity index is 675. The first-order valence-corrected chi connectivity index (χ1v) is 7.24. The lowest BCUT2D eigenvalue weighted by molar-refractivity contribution is 0.0194. The van der Waals surface area contributed by atoms with Crippen molar-refractivity contribution in [1.82, 2.24) is 24.6 Å². The van der Waals surface area contributed by atoms with E-state index in [9.17, 15) is 4.79 Å². The van der Waals surface area contributed by atoms with Crippen LogP contribution in [-0.4, -0.2) is 42.9 Å². The number of carbonyl (C=O) groups excluding carboxylic acids is 1. The third-order valence-corrected chi connectivity index (χ3v) is 3.24. The summed E-state index contributed by atoms with van der Waals surface area (Å²) in [5.41, 5.74) is 1.19. The number of aromatic nitrogens is 4. The molecule has 7 heteroatoms. The second kappa shape index (κ2) is 5.40. The number of carbonyl (C=O) groups is 1. The molecule has 0 radical (unpaired) electrons. The van der Waals surface area contributed by atoms with Crippen LogP contribution in [0.3, 0.4) is 0 Å². The van der Waals surface area contributed by atoms with Gasteiger partial charge in [0.15, 0.2) is 5.82 Å². The minimum Gasteiger partial charge on any atom is -0.444 e. The molecule has 0 saturated carbocycles. The lowest BCUT2D eigenvalue weighted by Gasteiger charge is -2.30. The molecule has 0 aliphatic carbocycles. The Morgan fingerprint density at radius 3 is 2.64 bits per heavy atom. The van der Waals surface area contributed by atoms with Crippen LogP contribution >= 0.6 is 0 Å². The van der Waals surface area contributed by atoms with E-state index in [1.54, 1.807) is 23.4 Å². The van der Waals surface area contributed by atoms with Gasteiger partial charge in [0.2, 0.25) is 0 Å². The van der Waals surface area contributed by atoms with E-state index in [2.05, 4.69) is 15.1 Å². The molecule has 0 spiro atoms. The zero-order valence-corrected chi connectivity index (χ0v) is 13.0. The van der Waals surface area contributed by atoms with Crippen molar-refractivity contribution in [3.63, 3.8) is 0 Å². The van der Waals surface area contributed by atoms with Crippen molar-refractivity contribution in [3.05, 3.63) is 30.2 Å².